The first-order valence-corrected chi connectivity index (χ1v) is 6.91. The van der Waals surface area contributed by atoms with Crippen molar-refractivity contribution in [3.63, 3.8) is 0 Å². The zero-order valence-corrected chi connectivity index (χ0v) is 12.4. The molecule has 3 nitrogen and oxygen atoms in total. The van der Waals surface area contributed by atoms with E-state index in [1.54, 1.807) is 7.11 Å². The molecular weight excluding hydrogens is 248 g/mol. The average Bonchev–Trinajstić information content (AvgIpc) is 2.49. The average molecular weight is 270 g/mol. The molecule has 0 amide bonds. The molecule has 0 aliphatic carbocycles. The molecule has 20 heavy (non-hydrogen) atoms. The summed E-state index contributed by atoms with van der Waals surface area (Å²) < 4.78 is 5.48. The third-order valence-corrected chi connectivity index (χ3v) is 3.42. The van der Waals surface area contributed by atoms with Gasteiger partial charge in [0.05, 0.1) is 12.8 Å². The van der Waals surface area contributed by atoms with E-state index in [4.69, 9.17) is 4.74 Å². The van der Waals surface area contributed by atoms with Gasteiger partial charge in [-0.1, -0.05) is 30.3 Å². The minimum atomic E-state index is 0.259. The van der Waals surface area contributed by atoms with Crippen LogP contribution >= 0.6 is 0 Å². The van der Waals surface area contributed by atoms with Crippen LogP contribution < -0.4 is 4.74 Å². The molecule has 1 heterocycles. The summed E-state index contributed by atoms with van der Waals surface area (Å²) in [5.41, 5.74) is 2.30. The maximum Gasteiger partial charge on any atom is 0.140 e. The molecule has 0 saturated carbocycles. The summed E-state index contributed by atoms with van der Waals surface area (Å²) in [6.07, 6.45) is 2.86. The van der Waals surface area contributed by atoms with E-state index >= 15 is 0 Å². The van der Waals surface area contributed by atoms with Gasteiger partial charge in [0.25, 0.3) is 0 Å². The molecule has 106 valence electrons. The molecule has 0 fully saturated rings. The number of aromatic nitrogens is 1. The van der Waals surface area contributed by atoms with E-state index in [9.17, 15) is 0 Å². The van der Waals surface area contributed by atoms with E-state index in [0.29, 0.717) is 0 Å². The Morgan fingerprint density at radius 2 is 1.85 bits per heavy atom. The monoisotopic (exact) mass is 270 g/mol. The van der Waals surface area contributed by atoms with Crippen molar-refractivity contribution >= 4 is 0 Å². The zero-order chi connectivity index (χ0) is 14.4. The molecule has 0 N–H and O–H groups in total. The molecule has 0 unspecified atom stereocenters. The molecule has 2 aromatic rings. The molecule has 0 aliphatic heterocycles. The van der Waals surface area contributed by atoms with Crippen molar-refractivity contribution in [2.75, 3.05) is 27.7 Å². The van der Waals surface area contributed by atoms with Gasteiger partial charge < -0.3 is 9.64 Å². The van der Waals surface area contributed by atoms with Gasteiger partial charge in [-0.3, -0.25) is 4.98 Å². The van der Waals surface area contributed by atoms with E-state index < -0.39 is 0 Å². The Hall–Kier alpha value is -1.87. The third kappa shape index (κ3) is 3.58. The normalized spacial score (nSPS) is 12.4. The van der Waals surface area contributed by atoms with Crippen LogP contribution in [0.25, 0.3) is 0 Å². The molecule has 0 aliphatic rings. The van der Waals surface area contributed by atoms with Gasteiger partial charge in [-0.05, 0) is 44.8 Å². The van der Waals surface area contributed by atoms with Crippen LogP contribution in [0.4, 0.5) is 0 Å². The number of nitrogens with zero attached hydrogens (tertiary/aromatic N) is 2. The molecule has 2 rings (SSSR count). The molecule has 0 radical (unpaired) electrons. The Bertz CT molecular complexity index is 526. The van der Waals surface area contributed by atoms with Crippen molar-refractivity contribution in [3.8, 4) is 5.75 Å². The van der Waals surface area contributed by atoms with Gasteiger partial charge in [-0.2, -0.15) is 0 Å². The summed E-state index contributed by atoms with van der Waals surface area (Å²) in [5.74, 6) is 1.12. The SMILES string of the molecule is COc1cccnc1[C@@H](CCN(C)C)c1ccccc1. The quantitative estimate of drug-likeness (QED) is 0.806. The molecule has 1 aromatic carbocycles. The second kappa shape index (κ2) is 7.06. The number of ether oxygens (including phenoxy) is 1. The number of benzene rings is 1. The lowest BCUT2D eigenvalue weighted by Gasteiger charge is -2.21. The topological polar surface area (TPSA) is 25.4 Å². The summed E-state index contributed by atoms with van der Waals surface area (Å²) in [6, 6.07) is 14.4. The van der Waals surface area contributed by atoms with Crippen molar-refractivity contribution in [2.45, 2.75) is 12.3 Å². The molecular formula is C17H22N2O. The maximum atomic E-state index is 5.48. The predicted octanol–water partition coefficient (Wildman–Crippen LogP) is 3.17. The molecule has 3 heteroatoms. The van der Waals surface area contributed by atoms with E-state index in [2.05, 4.69) is 48.2 Å². The fraction of sp³-hybridized carbons (Fsp3) is 0.353. The first-order valence-electron chi connectivity index (χ1n) is 6.91. The van der Waals surface area contributed by atoms with Crippen molar-refractivity contribution in [3.05, 3.63) is 59.9 Å². The summed E-state index contributed by atoms with van der Waals surface area (Å²) in [6.45, 7) is 1.01. The van der Waals surface area contributed by atoms with Crippen LogP contribution in [0.15, 0.2) is 48.7 Å². The van der Waals surface area contributed by atoms with Crippen LogP contribution in [0.3, 0.4) is 0 Å². The maximum absolute atomic E-state index is 5.48. The smallest absolute Gasteiger partial charge is 0.140 e. The third-order valence-electron chi connectivity index (χ3n) is 3.42. The first-order chi connectivity index (χ1) is 9.72. The number of methoxy groups -OCH3 is 1. The van der Waals surface area contributed by atoms with Gasteiger partial charge in [-0.15, -0.1) is 0 Å². The van der Waals surface area contributed by atoms with Gasteiger partial charge >= 0.3 is 0 Å². The van der Waals surface area contributed by atoms with Crippen LogP contribution in [0, 0.1) is 0 Å². The highest BCUT2D eigenvalue weighted by Gasteiger charge is 2.19. The Kier molecular flexibility index (Phi) is 5.13. The van der Waals surface area contributed by atoms with Crippen molar-refractivity contribution in [1.29, 1.82) is 0 Å². The minimum absolute atomic E-state index is 0.259. The minimum Gasteiger partial charge on any atom is -0.495 e. The molecule has 1 aromatic heterocycles. The van der Waals surface area contributed by atoms with E-state index in [1.165, 1.54) is 5.56 Å². The Morgan fingerprint density at radius 3 is 2.50 bits per heavy atom. The summed E-state index contributed by atoms with van der Waals surface area (Å²) >= 11 is 0. The van der Waals surface area contributed by atoms with Gasteiger partial charge in [0.1, 0.15) is 5.75 Å². The fourth-order valence-electron chi connectivity index (χ4n) is 2.37. The number of rotatable bonds is 6. The number of hydrogen-bond donors (Lipinski definition) is 0. The second-order valence-corrected chi connectivity index (χ2v) is 5.15. The van der Waals surface area contributed by atoms with Crippen molar-refractivity contribution in [1.82, 2.24) is 9.88 Å². The lowest BCUT2D eigenvalue weighted by Crippen LogP contribution is -2.17. The summed E-state index contributed by atoms with van der Waals surface area (Å²) in [5, 5.41) is 0. The highest BCUT2D eigenvalue weighted by molar-refractivity contribution is 5.37. The van der Waals surface area contributed by atoms with Crippen LogP contribution in [0.5, 0.6) is 5.75 Å². The highest BCUT2D eigenvalue weighted by atomic mass is 16.5. The van der Waals surface area contributed by atoms with Crippen LogP contribution in [0.1, 0.15) is 23.6 Å². The van der Waals surface area contributed by atoms with Gasteiger partial charge in [0, 0.05) is 12.1 Å². The highest BCUT2D eigenvalue weighted by Crippen LogP contribution is 2.32. The van der Waals surface area contributed by atoms with E-state index in [0.717, 1.165) is 24.4 Å². The summed E-state index contributed by atoms with van der Waals surface area (Å²) in [4.78, 5) is 6.76. The predicted molar refractivity (Wildman–Crippen MR) is 82.2 cm³/mol. The standard InChI is InChI=1S/C17H22N2O/c1-19(2)13-11-15(14-8-5-4-6-9-14)17-16(20-3)10-7-12-18-17/h4-10,12,15H,11,13H2,1-3H3/t15-/m0/s1. The fourth-order valence-corrected chi connectivity index (χ4v) is 2.37. The van der Waals surface area contributed by atoms with E-state index in [1.807, 2.05) is 24.4 Å². The van der Waals surface area contributed by atoms with Gasteiger partial charge in [0.2, 0.25) is 0 Å². The van der Waals surface area contributed by atoms with Crippen LogP contribution in [-0.4, -0.2) is 37.6 Å². The second-order valence-electron chi connectivity index (χ2n) is 5.15. The van der Waals surface area contributed by atoms with Crippen molar-refractivity contribution in [2.24, 2.45) is 0 Å². The summed E-state index contributed by atoms with van der Waals surface area (Å²) in [7, 11) is 5.89. The lowest BCUT2D eigenvalue weighted by atomic mass is 9.91. The first kappa shape index (κ1) is 14.5. The zero-order valence-electron chi connectivity index (χ0n) is 12.4. The molecule has 0 bridgehead atoms. The van der Waals surface area contributed by atoms with E-state index in [-0.39, 0.29) is 5.92 Å². The largest absolute Gasteiger partial charge is 0.495 e. The van der Waals surface area contributed by atoms with Gasteiger partial charge in [0.15, 0.2) is 0 Å². The number of pyridine rings is 1. The van der Waals surface area contributed by atoms with Gasteiger partial charge in [-0.25, -0.2) is 0 Å². The Labute approximate surface area is 121 Å². The molecule has 0 saturated heterocycles. The molecule has 1 atom stereocenters. The molecule has 0 spiro atoms. The van der Waals surface area contributed by atoms with Crippen LogP contribution in [0.2, 0.25) is 0 Å². The Morgan fingerprint density at radius 1 is 1.10 bits per heavy atom. The van der Waals surface area contributed by atoms with Crippen molar-refractivity contribution < 1.29 is 4.74 Å². The van der Waals surface area contributed by atoms with Crippen LogP contribution in [-0.2, 0) is 0 Å². The number of hydrogen-bond acceptors (Lipinski definition) is 3. The lowest BCUT2D eigenvalue weighted by molar-refractivity contribution is 0.377. The Balaban J connectivity index is 2.35.